The molecule has 0 spiro atoms. The molecule has 28 heavy (non-hydrogen) atoms. The standard InChI is InChI=1S/C20H19F3N2O3/c21-14-3-1-13(2-4-14)20(7-9-28-10-8-20)12-24-18(26)19(27)25-15-5-6-16(22)17(23)11-15/h1-6,11H,7-10,12H2,(H,24,26)(H,25,27). The molecule has 0 radical (unpaired) electrons. The van der Waals surface area contributed by atoms with Crippen LogP contribution < -0.4 is 10.6 Å². The summed E-state index contributed by atoms with van der Waals surface area (Å²) in [6, 6.07) is 8.83. The number of hydrogen-bond acceptors (Lipinski definition) is 3. The van der Waals surface area contributed by atoms with Crippen molar-refractivity contribution in [3.8, 4) is 0 Å². The van der Waals surface area contributed by atoms with E-state index >= 15 is 0 Å². The van der Waals surface area contributed by atoms with Crippen LogP contribution in [0.15, 0.2) is 42.5 Å². The molecule has 1 fully saturated rings. The third-order valence-electron chi connectivity index (χ3n) is 4.88. The number of amides is 2. The zero-order valence-corrected chi connectivity index (χ0v) is 14.9. The molecule has 2 aromatic rings. The number of carbonyl (C=O) groups excluding carboxylic acids is 2. The molecule has 0 unspecified atom stereocenters. The van der Waals surface area contributed by atoms with E-state index in [-0.39, 0.29) is 18.0 Å². The van der Waals surface area contributed by atoms with Gasteiger partial charge in [-0.2, -0.15) is 0 Å². The Morgan fingerprint density at radius 3 is 2.25 bits per heavy atom. The van der Waals surface area contributed by atoms with Crippen LogP contribution in [0.5, 0.6) is 0 Å². The first-order chi connectivity index (χ1) is 13.4. The van der Waals surface area contributed by atoms with Crippen LogP contribution in [0.4, 0.5) is 18.9 Å². The lowest BCUT2D eigenvalue weighted by Crippen LogP contribution is -2.47. The van der Waals surface area contributed by atoms with Gasteiger partial charge in [-0.05, 0) is 42.7 Å². The van der Waals surface area contributed by atoms with E-state index in [4.69, 9.17) is 4.74 Å². The molecule has 0 aromatic heterocycles. The number of halogens is 3. The van der Waals surface area contributed by atoms with E-state index in [0.29, 0.717) is 26.1 Å². The van der Waals surface area contributed by atoms with Crippen LogP contribution in [0.3, 0.4) is 0 Å². The maximum absolute atomic E-state index is 13.3. The van der Waals surface area contributed by atoms with Gasteiger partial charge in [0, 0.05) is 36.9 Å². The lowest BCUT2D eigenvalue weighted by atomic mass is 9.74. The zero-order chi connectivity index (χ0) is 20.1. The molecule has 1 heterocycles. The third kappa shape index (κ3) is 4.51. The molecule has 3 rings (SSSR count). The van der Waals surface area contributed by atoms with E-state index in [2.05, 4.69) is 10.6 Å². The largest absolute Gasteiger partial charge is 0.381 e. The topological polar surface area (TPSA) is 67.4 Å². The van der Waals surface area contributed by atoms with Crippen LogP contribution in [-0.2, 0) is 19.7 Å². The molecule has 148 valence electrons. The molecule has 2 amide bonds. The van der Waals surface area contributed by atoms with Gasteiger partial charge >= 0.3 is 11.8 Å². The van der Waals surface area contributed by atoms with Gasteiger partial charge in [0.2, 0.25) is 0 Å². The van der Waals surface area contributed by atoms with E-state index in [1.165, 1.54) is 12.1 Å². The first-order valence-electron chi connectivity index (χ1n) is 8.78. The first-order valence-corrected chi connectivity index (χ1v) is 8.78. The molecule has 0 bridgehead atoms. The normalized spacial score (nSPS) is 15.7. The predicted molar refractivity (Wildman–Crippen MR) is 96.1 cm³/mol. The van der Waals surface area contributed by atoms with Gasteiger partial charge in [-0.25, -0.2) is 13.2 Å². The summed E-state index contributed by atoms with van der Waals surface area (Å²) in [6.07, 6.45) is 1.20. The second-order valence-corrected chi connectivity index (χ2v) is 6.67. The van der Waals surface area contributed by atoms with Crippen LogP contribution in [0, 0.1) is 17.5 Å². The SMILES string of the molecule is O=C(NCC1(c2ccc(F)cc2)CCOCC1)C(=O)Nc1ccc(F)c(F)c1. The average molecular weight is 392 g/mol. The number of hydrogen-bond donors (Lipinski definition) is 2. The number of benzene rings is 2. The molecular formula is C20H19F3N2O3. The third-order valence-corrected chi connectivity index (χ3v) is 4.88. The molecule has 1 aliphatic rings. The lowest BCUT2D eigenvalue weighted by Gasteiger charge is -2.37. The molecule has 1 aliphatic heterocycles. The number of rotatable bonds is 4. The summed E-state index contributed by atoms with van der Waals surface area (Å²) in [7, 11) is 0. The predicted octanol–water partition coefficient (Wildman–Crippen LogP) is 2.91. The summed E-state index contributed by atoms with van der Waals surface area (Å²) in [4.78, 5) is 24.2. The minimum absolute atomic E-state index is 0.0293. The molecule has 2 N–H and O–H groups in total. The van der Waals surface area contributed by atoms with Crippen LogP contribution in [0.2, 0.25) is 0 Å². The van der Waals surface area contributed by atoms with Crippen molar-refractivity contribution in [2.75, 3.05) is 25.1 Å². The van der Waals surface area contributed by atoms with Crippen molar-refractivity contribution in [3.05, 3.63) is 65.5 Å². The molecule has 0 aliphatic carbocycles. The average Bonchev–Trinajstić information content (AvgIpc) is 2.70. The summed E-state index contributed by atoms with van der Waals surface area (Å²) < 4.78 is 44.8. The molecule has 0 atom stereocenters. The summed E-state index contributed by atoms with van der Waals surface area (Å²) in [5, 5.41) is 4.81. The van der Waals surface area contributed by atoms with E-state index in [1.54, 1.807) is 12.1 Å². The Morgan fingerprint density at radius 2 is 1.61 bits per heavy atom. The van der Waals surface area contributed by atoms with Crippen molar-refractivity contribution in [1.82, 2.24) is 5.32 Å². The Hall–Kier alpha value is -2.87. The maximum Gasteiger partial charge on any atom is 0.313 e. The molecular weight excluding hydrogens is 373 g/mol. The van der Waals surface area contributed by atoms with Crippen molar-refractivity contribution < 1.29 is 27.5 Å². The molecule has 5 nitrogen and oxygen atoms in total. The number of ether oxygens (including phenoxy) is 1. The van der Waals surface area contributed by atoms with Gasteiger partial charge in [0.1, 0.15) is 5.82 Å². The van der Waals surface area contributed by atoms with Crippen molar-refractivity contribution in [2.24, 2.45) is 0 Å². The number of nitrogens with one attached hydrogen (secondary N) is 2. The maximum atomic E-state index is 13.3. The quantitative estimate of drug-likeness (QED) is 0.787. The Labute approximate surface area is 159 Å². The van der Waals surface area contributed by atoms with E-state index < -0.39 is 28.9 Å². The van der Waals surface area contributed by atoms with Gasteiger partial charge in [-0.15, -0.1) is 0 Å². The van der Waals surface area contributed by atoms with E-state index in [1.807, 2.05) is 0 Å². The van der Waals surface area contributed by atoms with Gasteiger partial charge in [0.15, 0.2) is 11.6 Å². The minimum atomic E-state index is -1.13. The van der Waals surface area contributed by atoms with Gasteiger partial charge in [0.25, 0.3) is 0 Å². The van der Waals surface area contributed by atoms with Gasteiger partial charge in [-0.1, -0.05) is 12.1 Å². The fourth-order valence-electron chi connectivity index (χ4n) is 3.22. The highest BCUT2D eigenvalue weighted by molar-refractivity contribution is 6.39. The highest BCUT2D eigenvalue weighted by Gasteiger charge is 2.35. The Bertz CT molecular complexity index is 865. The van der Waals surface area contributed by atoms with Crippen molar-refractivity contribution in [1.29, 1.82) is 0 Å². The molecule has 2 aromatic carbocycles. The fourth-order valence-corrected chi connectivity index (χ4v) is 3.22. The highest BCUT2D eigenvalue weighted by Crippen LogP contribution is 2.34. The summed E-state index contributed by atoms with van der Waals surface area (Å²) in [5.41, 5.74) is 0.334. The van der Waals surface area contributed by atoms with Crippen LogP contribution >= 0.6 is 0 Å². The second-order valence-electron chi connectivity index (χ2n) is 6.67. The van der Waals surface area contributed by atoms with Crippen LogP contribution in [0.1, 0.15) is 18.4 Å². The Balaban J connectivity index is 1.66. The smallest absolute Gasteiger partial charge is 0.313 e. The van der Waals surface area contributed by atoms with Crippen molar-refractivity contribution in [2.45, 2.75) is 18.3 Å². The Morgan fingerprint density at radius 1 is 0.929 bits per heavy atom. The highest BCUT2D eigenvalue weighted by atomic mass is 19.2. The minimum Gasteiger partial charge on any atom is -0.381 e. The van der Waals surface area contributed by atoms with Gasteiger partial charge < -0.3 is 15.4 Å². The molecule has 0 saturated carbocycles. The summed E-state index contributed by atoms with van der Waals surface area (Å²) >= 11 is 0. The lowest BCUT2D eigenvalue weighted by molar-refractivity contribution is -0.136. The molecule has 8 heteroatoms. The van der Waals surface area contributed by atoms with Crippen LogP contribution in [-0.4, -0.2) is 31.6 Å². The number of carbonyl (C=O) groups is 2. The summed E-state index contributed by atoms with van der Waals surface area (Å²) in [5.74, 6) is -4.44. The monoisotopic (exact) mass is 392 g/mol. The summed E-state index contributed by atoms with van der Waals surface area (Å²) in [6.45, 7) is 1.12. The van der Waals surface area contributed by atoms with E-state index in [0.717, 1.165) is 23.8 Å². The Kier molecular flexibility index (Phi) is 5.99. The zero-order valence-electron chi connectivity index (χ0n) is 14.9. The van der Waals surface area contributed by atoms with Crippen LogP contribution in [0.25, 0.3) is 0 Å². The first kappa shape index (κ1) is 19.9. The number of anilines is 1. The fraction of sp³-hybridized carbons (Fsp3) is 0.300. The van der Waals surface area contributed by atoms with Crippen molar-refractivity contribution >= 4 is 17.5 Å². The van der Waals surface area contributed by atoms with Gasteiger partial charge in [-0.3, -0.25) is 9.59 Å². The molecule has 1 saturated heterocycles. The van der Waals surface area contributed by atoms with E-state index in [9.17, 15) is 22.8 Å². The van der Waals surface area contributed by atoms with Crippen molar-refractivity contribution in [3.63, 3.8) is 0 Å². The second kappa shape index (κ2) is 8.43. The van der Waals surface area contributed by atoms with Gasteiger partial charge in [0.05, 0.1) is 0 Å².